The molecule has 1 aromatic rings. The van der Waals surface area contributed by atoms with E-state index in [0.717, 1.165) is 25.7 Å². The summed E-state index contributed by atoms with van der Waals surface area (Å²) < 4.78 is 0. The summed E-state index contributed by atoms with van der Waals surface area (Å²) >= 11 is 0. The van der Waals surface area contributed by atoms with E-state index in [1.807, 2.05) is 12.1 Å². The van der Waals surface area contributed by atoms with Crippen LogP contribution in [0.1, 0.15) is 45.4 Å². The Balaban J connectivity index is 1.93. The SMILES string of the molecule is CC(N)CC(=O)Nc1cccc(NC(=O)C2CCCCC2)c1. The summed E-state index contributed by atoms with van der Waals surface area (Å²) in [6.45, 7) is 1.79. The molecule has 2 rings (SSSR count). The second-order valence-corrected chi connectivity index (χ2v) is 6.13. The lowest BCUT2D eigenvalue weighted by molar-refractivity contribution is -0.120. The fourth-order valence-corrected chi connectivity index (χ4v) is 2.79. The Hall–Kier alpha value is -1.88. The second-order valence-electron chi connectivity index (χ2n) is 6.13. The summed E-state index contributed by atoms with van der Waals surface area (Å²) in [6.07, 6.45) is 5.70. The quantitative estimate of drug-likeness (QED) is 0.782. The first-order valence-corrected chi connectivity index (χ1v) is 8.01. The van der Waals surface area contributed by atoms with Crippen molar-refractivity contribution in [3.8, 4) is 0 Å². The third kappa shape index (κ3) is 5.15. The molecule has 1 saturated carbocycles. The number of benzene rings is 1. The van der Waals surface area contributed by atoms with Crippen molar-refractivity contribution in [3.05, 3.63) is 24.3 Å². The summed E-state index contributed by atoms with van der Waals surface area (Å²) in [5.41, 5.74) is 7.00. The second kappa shape index (κ2) is 7.94. The van der Waals surface area contributed by atoms with Crippen molar-refractivity contribution in [1.29, 1.82) is 0 Å². The highest BCUT2D eigenvalue weighted by atomic mass is 16.2. The zero-order chi connectivity index (χ0) is 15.9. The van der Waals surface area contributed by atoms with E-state index in [0.29, 0.717) is 11.4 Å². The van der Waals surface area contributed by atoms with E-state index in [2.05, 4.69) is 10.6 Å². The van der Waals surface area contributed by atoms with Crippen LogP contribution in [0.5, 0.6) is 0 Å². The number of hydrogen-bond donors (Lipinski definition) is 3. The molecule has 0 spiro atoms. The van der Waals surface area contributed by atoms with Gasteiger partial charge in [-0.3, -0.25) is 9.59 Å². The van der Waals surface area contributed by atoms with Crippen LogP contribution in [0.2, 0.25) is 0 Å². The molecule has 0 bridgehead atoms. The van der Waals surface area contributed by atoms with Crippen LogP contribution in [0.3, 0.4) is 0 Å². The Morgan fingerprint density at radius 2 is 1.82 bits per heavy atom. The molecule has 22 heavy (non-hydrogen) atoms. The topological polar surface area (TPSA) is 84.2 Å². The zero-order valence-electron chi connectivity index (χ0n) is 13.1. The van der Waals surface area contributed by atoms with E-state index >= 15 is 0 Å². The third-order valence-corrected chi connectivity index (χ3v) is 3.90. The van der Waals surface area contributed by atoms with Crippen molar-refractivity contribution in [1.82, 2.24) is 0 Å². The number of hydrogen-bond acceptors (Lipinski definition) is 3. The molecule has 5 heteroatoms. The molecule has 1 aliphatic carbocycles. The van der Waals surface area contributed by atoms with E-state index in [9.17, 15) is 9.59 Å². The summed E-state index contributed by atoms with van der Waals surface area (Å²) in [4.78, 5) is 24.0. The molecule has 4 N–H and O–H groups in total. The normalized spacial score (nSPS) is 16.8. The van der Waals surface area contributed by atoms with Gasteiger partial charge in [0, 0.05) is 29.8 Å². The molecule has 1 aromatic carbocycles. The monoisotopic (exact) mass is 303 g/mol. The smallest absolute Gasteiger partial charge is 0.227 e. The van der Waals surface area contributed by atoms with Gasteiger partial charge < -0.3 is 16.4 Å². The lowest BCUT2D eigenvalue weighted by atomic mass is 9.88. The molecule has 120 valence electrons. The molecule has 1 unspecified atom stereocenters. The molecule has 0 heterocycles. The Morgan fingerprint density at radius 1 is 1.18 bits per heavy atom. The predicted molar refractivity (Wildman–Crippen MR) is 88.5 cm³/mol. The predicted octanol–water partition coefficient (Wildman–Crippen LogP) is 2.88. The van der Waals surface area contributed by atoms with Crippen LogP contribution >= 0.6 is 0 Å². The lowest BCUT2D eigenvalue weighted by Gasteiger charge is -2.20. The van der Waals surface area contributed by atoms with Gasteiger partial charge in [0.15, 0.2) is 0 Å². The van der Waals surface area contributed by atoms with Crippen molar-refractivity contribution in [3.63, 3.8) is 0 Å². The number of amides is 2. The number of anilines is 2. The van der Waals surface area contributed by atoms with Gasteiger partial charge in [0.1, 0.15) is 0 Å². The summed E-state index contributed by atoms with van der Waals surface area (Å²) in [5, 5.41) is 5.75. The minimum Gasteiger partial charge on any atom is -0.327 e. The molecule has 0 aliphatic heterocycles. The first-order chi connectivity index (χ1) is 10.5. The molecular weight excluding hydrogens is 278 g/mol. The highest BCUT2D eigenvalue weighted by Crippen LogP contribution is 2.25. The fourth-order valence-electron chi connectivity index (χ4n) is 2.79. The first kappa shape index (κ1) is 16.5. The van der Waals surface area contributed by atoms with Gasteiger partial charge in [-0.1, -0.05) is 25.3 Å². The molecule has 1 atom stereocenters. The zero-order valence-corrected chi connectivity index (χ0v) is 13.1. The van der Waals surface area contributed by atoms with Gasteiger partial charge in [0.05, 0.1) is 0 Å². The molecule has 5 nitrogen and oxygen atoms in total. The minimum absolute atomic E-state index is 0.0822. The van der Waals surface area contributed by atoms with Crippen LogP contribution in [0.15, 0.2) is 24.3 Å². The molecular formula is C17H25N3O2. The average Bonchev–Trinajstić information content (AvgIpc) is 2.47. The number of nitrogens with two attached hydrogens (primary N) is 1. The summed E-state index contributed by atoms with van der Waals surface area (Å²) in [7, 11) is 0. The van der Waals surface area contributed by atoms with E-state index in [1.54, 1.807) is 19.1 Å². The van der Waals surface area contributed by atoms with Gasteiger partial charge in [-0.15, -0.1) is 0 Å². The van der Waals surface area contributed by atoms with Gasteiger partial charge in [-0.25, -0.2) is 0 Å². The van der Waals surface area contributed by atoms with Crippen molar-refractivity contribution in [2.24, 2.45) is 11.7 Å². The fraction of sp³-hybridized carbons (Fsp3) is 0.529. The van der Waals surface area contributed by atoms with Crippen molar-refractivity contribution in [2.45, 2.75) is 51.5 Å². The molecule has 0 aromatic heterocycles. The lowest BCUT2D eigenvalue weighted by Crippen LogP contribution is -2.25. The van der Waals surface area contributed by atoms with Crippen LogP contribution in [0.25, 0.3) is 0 Å². The van der Waals surface area contributed by atoms with Gasteiger partial charge in [-0.05, 0) is 38.0 Å². The van der Waals surface area contributed by atoms with Gasteiger partial charge in [0.25, 0.3) is 0 Å². The van der Waals surface area contributed by atoms with Crippen LogP contribution in [0.4, 0.5) is 11.4 Å². The maximum atomic E-state index is 12.2. The molecule has 1 aliphatic rings. The van der Waals surface area contributed by atoms with Crippen molar-refractivity contribution < 1.29 is 9.59 Å². The van der Waals surface area contributed by atoms with Gasteiger partial charge in [-0.2, -0.15) is 0 Å². The van der Waals surface area contributed by atoms with Crippen LogP contribution in [-0.4, -0.2) is 17.9 Å². The first-order valence-electron chi connectivity index (χ1n) is 8.01. The van der Waals surface area contributed by atoms with Crippen LogP contribution in [0, 0.1) is 5.92 Å². The van der Waals surface area contributed by atoms with Crippen LogP contribution in [-0.2, 0) is 9.59 Å². The minimum atomic E-state index is -0.172. The number of nitrogens with one attached hydrogen (secondary N) is 2. The Bertz CT molecular complexity index is 522. The molecule has 1 fully saturated rings. The number of rotatable bonds is 5. The number of carbonyl (C=O) groups is 2. The van der Waals surface area contributed by atoms with E-state index in [-0.39, 0.29) is 30.2 Å². The highest BCUT2D eigenvalue weighted by Gasteiger charge is 2.21. The standard InChI is InChI=1S/C17H25N3O2/c1-12(18)10-16(21)19-14-8-5-9-15(11-14)20-17(22)13-6-3-2-4-7-13/h5,8-9,11-13H,2-4,6-7,10,18H2,1H3,(H,19,21)(H,20,22). The number of carbonyl (C=O) groups excluding carboxylic acids is 2. The Kier molecular flexibility index (Phi) is 5.95. The Morgan fingerprint density at radius 3 is 2.45 bits per heavy atom. The van der Waals surface area contributed by atoms with Crippen LogP contribution < -0.4 is 16.4 Å². The maximum Gasteiger partial charge on any atom is 0.227 e. The maximum absolute atomic E-state index is 12.2. The molecule has 2 amide bonds. The van der Waals surface area contributed by atoms with E-state index in [1.165, 1.54) is 6.42 Å². The third-order valence-electron chi connectivity index (χ3n) is 3.90. The van der Waals surface area contributed by atoms with Gasteiger partial charge >= 0.3 is 0 Å². The summed E-state index contributed by atoms with van der Waals surface area (Å²) in [5.74, 6) is 0.0783. The van der Waals surface area contributed by atoms with Crippen molar-refractivity contribution >= 4 is 23.2 Å². The molecule has 0 saturated heterocycles. The van der Waals surface area contributed by atoms with E-state index < -0.39 is 0 Å². The average molecular weight is 303 g/mol. The van der Waals surface area contributed by atoms with Gasteiger partial charge in [0.2, 0.25) is 11.8 Å². The van der Waals surface area contributed by atoms with E-state index in [4.69, 9.17) is 5.73 Å². The summed E-state index contributed by atoms with van der Waals surface area (Å²) in [6, 6.07) is 7.06. The largest absolute Gasteiger partial charge is 0.327 e. The molecule has 0 radical (unpaired) electrons. The van der Waals surface area contributed by atoms with Crippen molar-refractivity contribution in [2.75, 3.05) is 10.6 Å². The Labute approximate surface area is 131 Å². The highest BCUT2D eigenvalue weighted by molar-refractivity contribution is 5.95.